The molecule has 3 heteroatoms. The molecule has 0 amide bonds. The second-order valence-corrected chi connectivity index (χ2v) is 5.19. The maximum atomic E-state index is 5.97. The SMILES string of the molecule is Cc1ccc(C2(CCCCCl)OCCCO2)cc1. The first-order chi connectivity index (χ1) is 8.77. The molecule has 1 aromatic rings. The highest BCUT2D eigenvalue weighted by molar-refractivity contribution is 6.17. The molecule has 100 valence electrons. The highest BCUT2D eigenvalue weighted by atomic mass is 35.5. The lowest BCUT2D eigenvalue weighted by atomic mass is 9.97. The molecule has 1 aromatic carbocycles. The zero-order valence-corrected chi connectivity index (χ0v) is 11.7. The topological polar surface area (TPSA) is 18.5 Å². The minimum absolute atomic E-state index is 0.544. The molecule has 1 aliphatic heterocycles. The second-order valence-electron chi connectivity index (χ2n) is 4.82. The van der Waals surface area contributed by atoms with Gasteiger partial charge in [0.2, 0.25) is 0 Å². The third-order valence-electron chi connectivity index (χ3n) is 3.34. The van der Waals surface area contributed by atoms with E-state index in [1.807, 2.05) is 0 Å². The number of benzene rings is 1. The fourth-order valence-electron chi connectivity index (χ4n) is 2.29. The van der Waals surface area contributed by atoms with E-state index < -0.39 is 5.79 Å². The van der Waals surface area contributed by atoms with Crippen LogP contribution in [0.4, 0.5) is 0 Å². The summed E-state index contributed by atoms with van der Waals surface area (Å²) in [7, 11) is 0. The number of aryl methyl sites for hydroxylation is 1. The maximum Gasteiger partial charge on any atom is 0.194 e. The van der Waals surface area contributed by atoms with Crippen LogP contribution in [0.15, 0.2) is 24.3 Å². The van der Waals surface area contributed by atoms with Crippen LogP contribution in [0.3, 0.4) is 0 Å². The lowest BCUT2D eigenvalue weighted by molar-refractivity contribution is -0.280. The Morgan fingerprint density at radius 1 is 1.11 bits per heavy atom. The van der Waals surface area contributed by atoms with Crippen LogP contribution in [-0.4, -0.2) is 19.1 Å². The third kappa shape index (κ3) is 3.25. The van der Waals surface area contributed by atoms with Gasteiger partial charge in [0.05, 0.1) is 13.2 Å². The summed E-state index contributed by atoms with van der Waals surface area (Å²) in [5.74, 6) is 0.155. The van der Waals surface area contributed by atoms with Crippen molar-refractivity contribution in [2.24, 2.45) is 0 Å². The molecule has 2 rings (SSSR count). The molecule has 1 fully saturated rings. The van der Waals surface area contributed by atoms with E-state index in [1.54, 1.807) is 0 Å². The lowest BCUT2D eigenvalue weighted by Crippen LogP contribution is -2.38. The monoisotopic (exact) mass is 268 g/mol. The molecule has 0 N–H and O–H groups in total. The molecule has 2 nitrogen and oxygen atoms in total. The van der Waals surface area contributed by atoms with E-state index in [-0.39, 0.29) is 0 Å². The molecule has 1 aliphatic rings. The number of hydrogen-bond donors (Lipinski definition) is 0. The summed E-state index contributed by atoms with van der Waals surface area (Å²) in [6.07, 6.45) is 3.88. The van der Waals surface area contributed by atoms with Crippen molar-refractivity contribution in [3.05, 3.63) is 35.4 Å². The quantitative estimate of drug-likeness (QED) is 0.594. The van der Waals surface area contributed by atoms with E-state index in [9.17, 15) is 0 Å². The molecule has 18 heavy (non-hydrogen) atoms. The maximum absolute atomic E-state index is 5.97. The van der Waals surface area contributed by atoms with E-state index in [4.69, 9.17) is 21.1 Å². The van der Waals surface area contributed by atoms with Gasteiger partial charge in [0.15, 0.2) is 5.79 Å². The molecule has 0 radical (unpaired) electrons. The number of unbranched alkanes of at least 4 members (excludes halogenated alkanes) is 1. The fraction of sp³-hybridized carbons (Fsp3) is 0.600. The van der Waals surface area contributed by atoms with Crippen molar-refractivity contribution < 1.29 is 9.47 Å². The Bertz CT molecular complexity index is 355. The predicted octanol–water partition coefficient (Wildman–Crippen LogP) is 3.99. The zero-order valence-electron chi connectivity index (χ0n) is 11.0. The van der Waals surface area contributed by atoms with E-state index in [0.29, 0.717) is 5.88 Å². The molecular formula is C15H21ClO2. The first kappa shape index (κ1) is 13.9. The van der Waals surface area contributed by atoms with Crippen molar-refractivity contribution in [2.45, 2.75) is 38.4 Å². The van der Waals surface area contributed by atoms with Gasteiger partial charge in [0.1, 0.15) is 0 Å². The van der Waals surface area contributed by atoms with Crippen LogP contribution < -0.4 is 0 Å². The summed E-state index contributed by atoms with van der Waals surface area (Å²) in [6, 6.07) is 8.45. The van der Waals surface area contributed by atoms with Crippen molar-refractivity contribution in [2.75, 3.05) is 19.1 Å². The van der Waals surface area contributed by atoms with Crippen molar-refractivity contribution in [1.29, 1.82) is 0 Å². The molecule has 0 bridgehead atoms. The Labute approximate surface area is 114 Å². The Hall–Kier alpha value is -0.570. The molecule has 1 heterocycles. The van der Waals surface area contributed by atoms with Crippen molar-refractivity contribution in [1.82, 2.24) is 0 Å². The third-order valence-corrected chi connectivity index (χ3v) is 3.61. The number of halogens is 1. The van der Waals surface area contributed by atoms with Crippen molar-refractivity contribution >= 4 is 11.6 Å². The zero-order chi connectivity index (χ0) is 12.8. The summed E-state index contributed by atoms with van der Waals surface area (Å²) in [6.45, 7) is 3.63. The first-order valence-corrected chi connectivity index (χ1v) is 7.21. The molecule has 0 atom stereocenters. The first-order valence-electron chi connectivity index (χ1n) is 6.68. The normalized spacial score (nSPS) is 18.8. The number of alkyl halides is 1. The van der Waals surface area contributed by atoms with Crippen LogP contribution >= 0.6 is 11.6 Å². The lowest BCUT2D eigenvalue weighted by Gasteiger charge is -2.37. The minimum atomic E-state index is -0.544. The smallest absolute Gasteiger partial charge is 0.194 e. The van der Waals surface area contributed by atoms with E-state index in [1.165, 1.54) is 5.56 Å². The van der Waals surface area contributed by atoms with Gasteiger partial charge in [-0.3, -0.25) is 0 Å². The van der Waals surface area contributed by atoms with E-state index in [2.05, 4.69) is 31.2 Å². The van der Waals surface area contributed by atoms with Crippen molar-refractivity contribution in [3.63, 3.8) is 0 Å². The van der Waals surface area contributed by atoms with Crippen LogP contribution in [-0.2, 0) is 15.3 Å². The van der Waals surface area contributed by atoms with E-state index >= 15 is 0 Å². The van der Waals surface area contributed by atoms with Gasteiger partial charge in [0, 0.05) is 17.9 Å². The Kier molecular flexibility index (Phi) is 5.04. The highest BCUT2D eigenvalue weighted by Crippen LogP contribution is 2.35. The number of ether oxygens (including phenoxy) is 2. The van der Waals surface area contributed by atoms with Crippen LogP contribution in [0.2, 0.25) is 0 Å². The predicted molar refractivity (Wildman–Crippen MR) is 73.9 cm³/mol. The Balaban J connectivity index is 2.15. The summed E-state index contributed by atoms with van der Waals surface area (Å²) in [5, 5.41) is 0. The summed E-state index contributed by atoms with van der Waals surface area (Å²) in [5.41, 5.74) is 2.38. The summed E-state index contributed by atoms with van der Waals surface area (Å²) in [4.78, 5) is 0. The standard InChI is InChI=1S/C15H21ClO2/c1-13-5-7-14(8-6-13)15(9-2-3-10-16)17-11-4-12-18-15/h5-8H,2-4,9-12H2,1H3. The van der Waals surface area contributed by atoms with Crippen LogP contribution in [0.1, 0.15) is 36.8 Å². The highest BCUT2D eigenvalue weighted by Gasteiger charge is 2.35. The number of rotatable bonds is 5. The fourth-order valence-corrected chi connectivity index (χ4v) is 2.48. The van der Waals surface area contributed by atoms with E-state index in [0.717, 1.165) is 44.5 Å². The number of hydrogen-bond acceptors (Lipinski definition) is 2. The second kappa shape index (κ2) is 6.55. The van der Waals surface area contributed by atoms with Crippen LogP contribution in [0.5, 0.6) is 0 Å². The molecule has 0 saturated carbocycles. The molecule has 0 aromatic heterocycles. The van der Waals surface area contributed by atoms with Gasteiger partial charge in [-0.2, -0.15) is 0 Å². The van der Waals surface area contributed by atoms with Crippen molar-refractivity contribution in [3.8, 4) is 0 Å². The van der Waals surface area contributed by atoms with Crippen LogP contribution in [0, 0.1) is 6.92 Å². The molecule has 0 aliphatic carbocycles. The summed E-state index contributed by atoms with van der Waals surface area (Å²) < 4.78 is 11.9. The minimum Gasteiger partial charge on any atom is -0.346 e. The average molecular weight is 269 g/mol. The molecule has 0 unspecified atom stereocenters. The van der Waals surface area contributed by atoms with Gasteiger partial charge in [0.25, 0.3) is 0 Å². The largest absolute Gasteiger partial charge is 0.346 e. The van der Waals surface area contributed by atoms with Gasteiger partial charge < -0.3 is 9.47 Å². The average Bonchev–Trinajstić information content (AvgIpc) is 2.41. The summed E-state index contributed by atoms with van der Waals surface area (Å²) >= 11 is 5.75. The Morgan fingerprint density at radius 3 is 2.39 bits per heavy atom. The molecular weight excluding hydrogens is 248 g/mol. The van der Waals surface area contributed by atoms with Gasteiger partial charge in [-0.25, -0.2) is 0 Å². The molecule has 1 saturated heterocycles. The van der Waals surface area contributed by atoms with Gasteiger partial charge in [-0.1, -0.05) is 29.8 Å². The van der Waals surface area contributed by atoms with Gasteiger partial charge in [-0.05, 0) is 26.2 Å². The van der Waals surface area contributed by atoms with Gasteiger partial charge in [-0.15, -0.1) is 11.6 Å². The van der Waals surface area contributed by atoms with Gasteiger partial charge >= 0.3 is 0 Å². The Morgan fingerprint density at radius 2 is 1.78 bits per heavy atom. The van der Waals surface area contributed by atoms with Crippen LogP contribution in [0.25, 0.3) is 0 Å². The molecule has 0 spiro atoms.